The fourth-order valence-corrected chi connectivity index (χ4v) is 9.96. The van der Waals surface area contributed by atoms with Crippen LogP contribution in [-0.4, -0.2) is 160 Å². The second kappa shape index (κ2) is 29.8. The molecule has 4 rings (SSSR count). The van der Waals surface area contributed by atoms with Crippen LogP contribution in [0.1, 0.15) is 62.5 Å². The second-order valence-electron chi connectivity index (χ2n) is 17.3. The number of likely N-dealkylation sites (tertiary alicyclic amines) is 1. The maximum absolute atomic E-state index is 14.5. The number of nitrogens with two attached hydrogens (primary N) is 5. The van der Waals surface area contributed by atoms with Crippen molar-refractivity contribution in [1.82, 2.24) is 41.7 Å². The van der Waals surface area contributed by atoms with Crippen molar-refractivity contribution in [1.29, 1.82) is 0 Å². The molecule has 2 aliphatic heterocycles. The number of nitrogens with one attached hydrogen (secondary N) is 6. The molecule has 2 aromatic rings. The van der Waals surface area contributed by atoms with Gasteiger partial charge in [0, 0.05) is 50.4 Å². The average molecular weight is 1070 g/mol. The number of phenols is 1. The number of amides is 11. The van der Waals surface area contributed by atoms with E-state index in [1.165, 1.54) is 21.9 Å². The van der Waals surface area contributed by atoms with Gasteiger partial charge in [0.15, 0.2) is 5.96 Å². The van der Waals surface area contributed by atoms with Crippen molar-refractivity contribution in [2.45, 2.75) is 101 Å². The molecule has 0 aliphatic carbocycles. The molecule has 2 fully saturated rings. The van der Waals surface area contributed by atoms with Crippen molar-refractivity contribution >= 4 is 92.5 Å². The number of carbonyl (C=O) groups is 11. The molecule has 0 radical (unpaired) electrons. The van der Waals surface area contributed by atoms with Gasteiger partial charge in [-0.2, -0.15) is 0 Å². The van der Waals surface area contributed by atoms with Crippen molar-refractivity contribution < 1.29 is 57.8 Å². The number of aromatic hydroxyl groups is 1. The summed E-state index contributed by atoms with van der Waals surface area (Å²) in [6.07, 6.45) is -1.16. The molecule has 0 spiro atoms. The summed E-state index contributed by atoms with van der Waals surface area (Å²) in [5.41, 5.74) is 28.1. The number of guanidine groups is 1. The van der Waals surface area contributed by atoms with Gasteiger partial charge in [-0.3, -0.25) is 57.7 Å². The molecule has 0 unspecified atom stereocenters. The van der Waals surface area contributed by atoms with Crippen LogP contribution in [0.25, 0.3) is 0 Å². The average Bonchev–Trinajstić information content (AvgIpc) is 3.85. The van der Waals surface area contributed by atoms with Gasteiger partial charge in [0.2, 0.25) is 65.0 Å². The Morgan fingerprint density at radius 3 is 2.14 bits per heavy atom. The second-order valence-corrected chi connectivity index (χ2v) is 20.0. The Morgan fingerprint density at radius 2 is 1.47 bits per heavy atom. The van der Waals surface area contributed by atoms with E-state index >= 15 is 0 Å². The molecule has 2 heterocycles. The highest BCUT2D eigenvalue weighted by atomic mass is 33.1. The van der Waals surface area contributed by atoms with E-state index in [1.807, 2.05) is 0 Å². The van der Waals surface area contributed by atoms with Crippen LogP contribution in [0.2, 0.25) is 0 Å². The summed E-state index contributed by atoms with van der Waals surface area (Å²) in [4.78, 5) is 154. The Hall–Kier alpha value is -7.62. The van der Waals surface area contributed by atoms with Crippen molar-refractivity contribution in [3.63, 3.8) is 0 Å². The van der Waals surface area contributed by atoms with Crippen LogP contribution in [0.3, 0.4) is 0 Å². The molecule has 6 atom stereocenters. The first kappa shape index (κ1) is 58.9. The van der Waals surface area contributed by atoms with Gasteiger partial charge in [-0.05, 0) is 55.4 Å². The standard InChI is InChI=1S/C46H64N14O12S2/c47-35(62)15-14-30-41(68)57-31(21-36(48)63)42(69)58-33(45(72)60-18-5-9-34(60)43(70)56-29(8-4-17-52-46(50)51)40(67)53-22-37(49)64)25-74-73-19-16-38(65)55-32(20-26-10-12-28(61)13-11-26)44(71)59(24-39(66)54-30)23-27-6-2-1-3-7-27/h1-3,6-7,10-13,29-34,61H,4-5,8-9,14-25H2,(H2,47,62)(H2,48,63)(H2,49,64)(H,53,67)(H,54,66)(H,55,65)(H,56,70)(H,57,68)(H,58,69)(H4,50,51,52)/t29-,30-,31-,32-,33-,34-/m0/s1. The lowest BCUT2D eigenvalue weighted by Gasteiger charge is -2.31. The number of primary amides is 3. The van der Waals surface area contributed by atoms with Crippen LogP contribution in [0.4, 0.5) is 0 Å². The number of hydrogen-bond acceptors (Lipinski definition) is 15. The van der Waals surface area contributed by atoms with Gasteiger partial charge in [-0.25, -0.2) is 0 Å². The Morgan fingerprint density at radius 1 is 0.784 bits per heavy atom. The Bertz CT molecular complexity index is 2380. The highest BCUT2D eigenvalue weighted by molar-refractivity contribution is 8.76. The van der Waals surface area contributed by atoms with Gasteiger partial charge < -0.3 is 75.5 Å². The van der Waals surface area contributed by atoms with E-state index in [1.54, 1.807) is 42.5 Å². The summed E-state index contributed by atoms with van der Waals surface area (Å²) in [6, 6.07) is 6.14. The maximum Gasteiger partial charge on any atom is 0.246 e. The summed E-state index contributed by atoms with van der Waals surface area (Å²) in [5, 5.41) is 25.1. The van der Waals surface area contributed by atoms with Gasteiger partial charge in [-0.15, -0.1) is 0 Å². The minimum atomic E-state index is -1.76. The molecular formula is C46H64N14O12S2. The van der Waals surface area contributed by atoms with E-state index in [0.717, 1.165) is 21.6 Å². The smallest absolute Gasteiger partial charge is 0.246 e. The number of hydrogen-bond donors (Lipinski definition) is 12. The third-order valence-corrected chi connectivity index (χ3v) is 13.9. The van der Waals surface area contributed by atoms with Crippen molar-refractivity contribution in [3.05, 3.63) is 65.7 Å². The lowest BCUT2D eigenvalue weighted by molar-refractivity contribution is -0.142. The normalized spacial score (nSPS) is 20.9. The first-order valence-electron chi connectivity index (χ1n) is 23.5. The highest BCUT2D eigenvalue weighted by Crippen LogP contribution is 2.26. The number of rotatable bonds is 19. The number of carbonyl (C=O) groups excluding carboxylic acids is 11. The minimum absolute atomic E-state index is 0.0144. The van der Waals surface area contributed by atoms with Gasteiger partial charge >= 0.3 is 0 Å². The topological polar surface area (TPSA) is 429 Å². The summed E-state index contributed by atoms with van der Waals surface area (Å²) in [7, 11) is 2.20. The van der Waals surface area contributed by atoms with E-state index in [0.29, 0.717) is 17.5 Å². The van der Waals surface area contributed by atoms with Crippen molar-refractivity contribution in [3.8, 4) is 5.75 Å². The van der Waals surface area contributed by atoms with E-state index in [-0.39, 0.29) is 75.0 Å². The minimum Gasteiger partial charge on any atom is -0.508 e. The molecule has 0 saturated carbocycles. The van der Waals surface area contributed by atoms with Crippen LogP contribution in [0.15, 0.2) is 59.6 Å². The Kier molecular flexibility index (Phi) is 23.7. The van der Waals surface area contributed by atoms with Gasteiger partial charge in [0.1, 0.15) is 42.0 Å². The predicted molar refractivity (Wildman–Crippen MR) is 272 cm³/mol. The summed E-state index contributed by atoms with van der Waals surface area (Å²) in [5.74, 6) is -9.58. The zero-order chi connectivity index (χ0) is 54.3. The lowest BCUT2D eigenvalue weighted by atomic mass is 10.0. The van der Waals surface area contributed by atoms with E-state index in [2.05, 4.69) is 36.9 Å². The molecule has 28 heteroatoms. The first-order chi connectivity index (χ1) is 35.2. The summed E-state index contributed by atoms with van der Waals surface area (Å²) < 4.78 is 0. The quantitative estimate of drug-likeness (QED) is 0.0276. The fourth-order valence-electron chi connectivity index (χ4n) is 7.82. The number of phenolic OH excluding ortho intramolecular Hbond substituents is 1. The summed E-state index contributed by atoms with van der Waals surface area (Å²) in [6.45, 7) is -1.19. The van der Waals surface area contributed by atoms with E-state index < -0.39 is 134 Å². The van der Waals surface area contributed by atoms with Gasteiger partial charge in [0.25, 0.3) is 0 Å². The number of benzene rings is 2. The zero-order valence-electron chi connectivity index (χ0n) is 40.5. The van der Waals surface area contributed by atoms with Crippen LogP contribution < -0.4 is 60.6 Å². The van der Waals surface area contributed by atoms with Gasteiger partial charge in [-0.1, -0.05) is 64.1 Å². The highest BCUT2D eigenvalue weighted by Gasteiger charge is 2.40. The third kappa shape index (κ3) is 20.1. The van der Waals surface area contributed by atoms with Crippen LogP contribution in [0, 0.1) is 0 Å². The fraction of sp³-hybridized carbons (Fsp3) is 0.478. The summed E-state index contributed by atoms with van der Waals surface area (Å²) >= 11 is 0. The maximum atomic E-state index is 14.5. The van der Waals surface area contributed by atoms with Crippen molar-refractivity contribution in [2.75, 3.05) is 37.7 Å². The molecule has 2 saturated heterocycles. The van der Waals surface area contributed by atoms with Gasteiger partial charge in [0.05, 0.1) is 19.5 Å². The lowest BCUT2D eigenvalue weighted by Crippen LogP contribution is -2.60. The molecular weight excluding hydrogens is 1000 g/mol. The monoisotopic (exact) mass is 1070 g/mol. The number of aliphatic imine (C=N–C) groups is 1. The predicted octanol–water partition coefficient (Wildman–Crippen LogP) is -4.04. The van der Waals surface area contributed by atoms with Crippen LogP contribution in [-0.2, 0) is 65.7 Å². The van der Waals surface area contributed by atoms with Crippen LogP contribution in [0.5, 0.6) is 5.75 Å². The third-order valence-electron chi connectivity index (χ3n) is 11.4. The first-order valence-corrected chi connectivity index (χ1v) is 26.0. The molecule has 402 valence electrons. The largest absolute Gasteiger partial charge is 0.508 e. The number of nitrogens with zero attached hydrogens (tertiary/aromatic N) is 3. The van der Waals surface area contributed by atoms with Crippen molar-refractivity contribution in [2.24, 2.45) is 33.7 Å². The molecule has 11 amide bonds. The molecule has 74 heavy (non-hydrogen) atoms. The molecule has 2 aromatic carbocycles. The molecule has 2 aliphatic rings. The zero-order valence-corrected chi connectivity index (χ0v) is 42.1. The SMILES string of the molecule is NC(=O)CC[C@@H]1NC(=O)CN(Cc2ccccc2)C(=O)[C@H](Cc2ccc(O)cc2)NC(=O)CCSSC[C@@H](C(=O)N2CCC[C@H]2C(=O)N[C@@H](CCCN=C(N)N)C(=O)NCC(N)=O)NC(=O)[C@H](CC(N)=O)NC1=O. The molecule has 0 aromatic heterocycles. The van der Waals surface area contributed by atoms with Crippen LogP contribution >= 0.6 is 21.6 Å². The molecule has 17 N–H and O–H groups in total. The molecule has 0 bridgehead atoms. The molecule has 26 nitrogen and oxygen atoms in total. The van der Waals surface area contributed by atoms with E-state index in [4.69, 9.17) is 28.7 Å². The Labute approximate surface area is 434 Å². The Balaban J connectivity index is 1.67. The van der Waals surface area contributed by atoms with E-state index in [9.17, 15) is 57.8 Å².